The van der Waals surface area contributed by atoms with Crippen molar-refractivity contribution >= 4 is 11.8 Å². The minimum absolute atomic E-state index is 0.0661. The lowest BCUT2D eigenvalue weighted by Gasteiger charge is -2.23. The van der Waals surface area contributed by atoms with Crippen LogP contribution < -0.4 is 0 Å². The molecule has 0 bridgehead atoms. The van der Waals surface area contributed by atoms with E-state index >= 15 is 0 Å². The smallest absolute Gasteiger partial charge is 0.329 e. The number of unbranched alkanes of at least 4 members (excludes halogenated alkanes) is 5. The molecular weight excluding hydrogens is 308 g/mol. The van der Waals surface area contributed by atoms with E-state index in [2.05, 4.69) is 6.92 Å². The fourth-order valence-corrected chi connectivity index (χ4v) is 3.26. The van der Waals surface area contributed by atoms with Crippen molar-refractivity contribution in [3.05, 3.63) is 12.2 Å². The summed E-state index contributed by atoms with van der Waals surface area (Å²) < 4.78 is 5.00. The van der Waals surface area contributed by atoms with Gasteiger partial charge in [-0.1, -0.05) is 51.5 Å². The van der Waals surface area contributed by atoms with Gasteiger partial charge in [0.05, 0.1) is 6.10 Å². The monoisotopic (exact) mass is 340 g/mol. The van der Waals surface area contributed by atoms with Crippen LogP contribution in [0.3, 0.4) is 0 Å². The van der Waals surface area contributed by atoms with Crippen LogP contribution in [0.1, 0.15) is 64.7 Å². The average molecular weight is 340 g/mol. The van der Waals surface area contributed by atoms with Gasteiger partial charge in [-0.3, -0.25) is 4.79 Å². The van der Waals surface area contributed by atoms with E-state index in [-0.39, 0.29) is 24.2 Å². The standard InChI is InChI=1S/C19H32O5/c1-2-3-4-5-6-10-17(20)16-11-12-18(21)15(16)9-7-8-13-24-14-19(22)23/h11-12,15-17,20H,2-10,13-14H2,1H3,(H,22,23)/t15-,16+,17?/m1/s1. The topological polar surface area (TPSA) is 83.8 Å². The van der Waals surface area contributed by atoms with E-state index in [1.165, 1.54) is 19.3 Å². The Morgan fingerprint density at radius 1 is 1.21 bits per heavy atom. The zero-order valence-corrected chi connectivity index (χ0v) is 14.8. The number of hydrogen-bond donors (Lipinski definition) is 2. The molecule has 138 valence electrons. The summed E-state index contributed by atoms with van der Waals surface area (Å²) in [7, 11) is 0. The van der Waals surface area contributed by atoms with Crippen molar-refractivity contribution in [2.75, 3.05) is 13.2 Å². The largest absolute Gasteiger partial charge is 0.480 e. The molecule has 0 saturated heterocycles. The lowest BCUT2D eigenvalue weighted by molar-refractivity contribution is -0.142. The predicted molar refractivity (Wildman–Crippen MR) is 92.8 cm³/mol. The molecule has 0 fully saturated rings. The number of ketones is 1. The summed E-state index contributed by atoms with van der Waals surface area (Å²) >= 11 is 0. The van der Waals surface area contributed by atoms with Crippen LogP contribution >= 0.6 is 0 Å². The highest BCUT2D eigenvalue weighted by atomic mass is 16.5. The Morgan fingerprint density at radius 3 is 2.67 bits per heavy atom. The van der Waals surface area contributed by atoms with Crippen LogP contribution in [0.4, 0.5) is 0 Å². The van der Waals surface area contributed by atoms with Crippen molar-refractivity contribution in [3.8, 4) is 0 Å². The van der Waals surface area contributed by atoms with E-state index < -0.39 is 12.1 Å². The normalized spacial score (nSPS) is 21.3. The van der Waals surface area contributed by atoms with Gasteiger partial charge in [0.1, 0.15) is 6.61 Å². The maximum Gasteiger partial charge on any atom is 0.329 e. The Labute approximate surface area is 145 Å². The first-order valence-electron chi connectivity index (χ1n) is 9.26. The van der Waals surface area contributed by atoms with E-state index in [1.807, 2.05) is 6.08 Å². The molecule has 1 unspecified atom stereocenters. The number of hydrogen-bond acceptors (Lipinski definition) is 4. The lowest BCUT2D eigenvalue weighted by atomic mass is 9.84. The number of aliphatic carboxylic acids is 1. The molecule has 0 radical (unpaired) electrons. The molecule has 0 aromatic carbocycles. The number of aliphatic hydroxyl groups excluding tert-OH is 1. The first kappa shape index (κ1) is 20.8. The van der Waals surface area contributed by atoms with Crippen LogP contribution in [0.25, 0.3) is 0 Å². The van der Waals surface area contributed by atoms with Gasteiger partial charge in [0.15, 0.2) is 5.78 Å². The Morgan fingerprint density at radius 2 is 1.96 bits per heavy atom. The Bertz CT molecular complexity index is 405. The summed E-state index contributed by atoms with van der Waals surface area (Å²) in [5, 5.41) is 18.9. The number of carbonyl (C=O) groups excluding carboxylic acids is 1. The molecule has 2 N–H and O–H groups in total. The maximum atomic E-state index is 12.0. The van der Waals surface area contributed by atoms with E-state index in [0.29, 0.717) is 6.61 Å². The molecule has 0 aromatic rings. The number of ether oxygens (including phenoxy) is 1. The zero-order chi connectivity index (χ0) is 17.8. The molecule has 0 spiro atoms. The molecule has 5 nitrogen and oxygen atoms in total. The molecule has 1 aliphatic carbocycles. The molecule has 0 aliphatic heterocycles. The molecule has 0 saturated carbocycles. The van der Waals surface area contributed by atoms with Crippen LogP contribution in [0.15, 0.2) is 12.2 Å². The van der Waals surface area contributed by atoms with Gasteiger partial charge < -0.3 is 14.9 Å². The third kappa shape index (κ3) is 8.06. The van der Waals surface area contributed by atoms with Gasteiger partial charge in [0, 0.05) is 18.4 Å². The van der Waals surface area contributed by atoms with Gasteiger partial charge in [-0.05, 0) is 25.3 Å². The molecule has 5 heteroatoms. The quantitative estimate of drug-likeness (QED) is 0.474. The summed E-state index contributed by atoms with van der Waals surface area (Å²) in [4.78, 5) is 22.3. The van der Waals surface area contributed by atoms with Crippen molar-refractivity contribution in [1.29, 1.82) is 0 Å². The number of carboxylic acids is 1. The molecule has 3 atom stereocenters. The van der Waals surface area contributed by atoms with E-state index in [9.17, 15) is 14.7 Å². The van der Waals surface area contributed by atoms with Crippen molar-refractivity contribution < 1.29 is 24.5 Å². The van der Waals surface area contributed by atoms with Gasteiger partial charge in [0.2, 0.25) is 0 Å². The highest BCUT2D eigenvalue weighted by Gasteiger charge is 2.33. The molecule has 1 aliphatic rings. The third-order valence-electron chi connectivity index (χ3n) is 4.64. The number of carbonyl (C=O) groups is 2. The molecule has 24 heavy (non-hydrogen) atoms. The van der Waals surface area contributed by atoms with Crippen LogP contribution in [0.5, 0.6) is 0 Å². The zero-order valence-electron chi connectivity index (χ0n) is 14.8. The second kappa shape index (κ2) is 12.2. The molecule has 0 aromatic heterocycles. The van der Waals surface area contributed by atoms with Gasteiger partial charge >= 0.3 is 5.97 Å². The van der Waals surface area contributed by atoms with Crippen molar-refractivity contribution in [2.24, 2.45) is 11.8 Å². The van der Waals surface area contributed by atoms with E-state index in [4.69, 9.17) is 9.84 Å². The molecule has 0 heterocycles. The summed E-state index contributed by atoms with van der Waals surface area (Å²) in [6, 6.07) is 0. The minimum atomic E-state index is -0.965. The highest BCUT2D eigenvalue weighted by Crippen LogP contribution is 2.31. The SMILES string of the molecule is CCCCCCCC(O)[C@H]1C=CC(=O)[C@@H]1CCCCOCC(=O)O. The van der Waals surface area contributed by atoms with Gasteiger partial charge in [-0.15, -0.1) is 0 Å². The van der Waals surface area contributed by atoms with Crippen LogP contribution in [0, 0.1) is 11.8 Å². The Hall–Kier alpha value is -1.20. The highest BCUT2D eigenvalue weighted by molar-refractivity contribution is 5.94. The first-order valence-corrected chi connectivity index (χ1v) is 9.26. The van der Waals surface area contributed by atoms with Crippen molar-refractivity contribution in [2.45, 2.75) is 70.8 Å². The van der Waals surface area contributed by atoms with Crippen molar-refractivity contribution in [1.82, 2.24) is 0 Å². The fourth-order valence-electron chi connectivity index (χ4n) is 3.26. The second-order valence-corrected chi connectivity index (χ2v) is 6.66. The number of rotatable bonds is 14. The summed E-state index contributed by atoms with van der Waals surface area (Å²) in [5.74, 6) is -1.05. The second-order valence-electron chi connectivity index (χ2n) is 6.66. The van der Waals surface area contributed by atoms with Crippen LogP contribution in [0.2, 0.25) is 0 Å². The lowest BCUT2D eigenvalue weighted by Crippen LogP contribution is -2.27. The summed E-state index contributed by atoms with van der Waals surface area (Å²) in [5.41, 5.74) is 0. The van der Waals surface area contributed by atoms with Gasteiger partial charge in [0.25, 0.3) is 0 Å². The minimum Gasteiger partial charge on any atom is -0.480 e. The van der Waals surface area contributed by atoms with Gasteiger partial charge in [-0.25, -0.2) is 4.79 Å². The Balaban J connectivity index is 2.24. The molecule has 0 amide bonds. The summed E-state index contributed by atoms with van der Waals surface area (Å²) in [6.07, 6.45) is 11.9. The predicted octanol–water partition coefficient (Wildman–Crippen LogP) is 3.35. The molecule has 1 rings (SSSR count). The first-order chi connectivity index (χ1) is 11.6. The maximum absolute atomic E-state index is 12.0. The van der Waals surface area contributed by atoms with Crippen molar-refractivity contribution in [3.63, 3.8) is 0 Å². The average Bonchev–Trinajstić information content (AvgIpc) is 2.91. The molecular formula is C19H32O5. The number of aliphatic hydroxyl groups is 1. The third-order valence-corrected chi connectivity index (χ3v) is 4.64. The number of carboxylic acid groups (broad SMARTS) is 1. The van der Waals surface area contributed by atoms with Crippen LogP contribution in [-0.4, -0.2) is 41.3 Å². The fraction of sp³-hybridized carbons (Fsp3) is 0.789. The Kier molecular flexibility index (Phi) is 10.6. The van der Waals surface area contributed by atoms with Crippen LogP contribution in [-0.2, 0) is 14.3 Å². The van der Waals surface area contributed by atoms with Gasteiger partial charge in [-0.2, -0.15) is 0 Å². The van der Waals surface area contributed by atoms with E-state index in [1.54, 1.807) is 6.08 Å². The summed E-state index contributed by atoms with van der Waals surface area (Å²) in [6.45, 7) is 2.30. The number of allylic oxidation sites excluding steroid dienone is 1. The van der Waals surface area contributed by atoms with E-state index in [0.717, 1.165) is 38.5 Å².